The van der Waals surface area contributed by atoms with E-state index >= 15 is 0 Å². The fourth-order valence-electron chi connectivity index (χ4n) is 2.13. The second-order valence-corrected chi connectivity index (χ2v) is 5.80. The van der Waals surface area contributed by atoms with Gasteiger partial charge in [-0.1, -0.05) is 31.9 Å². The number of hydrogen-bond acceptors (Lipinski definition) is 3. The highest BCUT2D eigenvalue weighted by molar-refractivity contribution is 6.30. The third kappa shape index (κ3) is 4.10. The number of rotatable bonds is 6. The Bertz CT molecular complexity index is 696. The van der Waals surface area contributed by atoms with Crippen LogP contribution < -0.4 is 11.1 Å². The van der Waals surface area contributed by atoms with E-state index in [0.29, 0.717) is 5.02 Å². The molecule has 1 aromatic heterocycles. The Morgan fingerprint density at radius 2 is 1.96 bits per heavy atom. The number of nitrogens with zero attached hydrogens (tertiary/aromatic N) is 2. The predicted octanol–water partition coefficient (Wildman–Crippen LogP) is 2.16. The minimum Gasteiger partial charge on any atom is -0.368 e. The highest BCUT2D eigenvalue weighted by Crippen LogP contribution is 2.13. The molecule has 0 spiro atoms. The number of benzene rings is 1. The standard InChI is InChI=1S/C16H19ClN4O2/c1-3-10(2)14(15(18)22)19-16(23)13-8-9-21(20-13)12-6-4-11(17)5-7-12/h4-10,14H,3H2,1-2H3,(H2,18,22)(H,19,23)/t10-,14+/m0/s1. The predicted molar refractivity (Wildman–Crippen MR) is 88.5 cm³/mol. The van der Waals surface area contributed by atoms with Crippen molar-refractivity contribution in [2.24, 2.45) is 11.7 Å². The molecule has 1 heterocycles. The Morgan fingerprint density at radius 3 is 2.52 bits per heavy atom. The quantitative estimate of drug-likeness (QED) is 0.848. The molecule has 0 aliphatic carbocycles. The minimum absolute atomic E-state index is 0.0465. The van der Waals surface area contributed by atoms with E-state index in [0.717, 1.165) is 12.1 Å². The molecule has 0 unspecified atom stereocenters. The molecule has 0 aliphatic rings. The van der Waals surface area contributed by atoms with Crippen LogP contribution in [0.1, 0.15) is 30.8 Å². The van der Waals surface area contributed by atoms with Crippen LogP contribution in [0.3, 0.4) is 0 Å². The maximum absolute atomic E-state index is 12.3. The molecule has 0 bridgehead atoms. The van der Waals surface area contributed by atoms with Gasteiger partial charge in [0.25, 0.3) is 5.91 Å². The molecule has 0 saturated heterocycles. The smallest absolute Gasteiger partial charge is 0.272 e. The second kappa shape index (κ2) is 7.28. The third-order valence-electron chi connectivity index (χ3n) is 3.72. The summed E-state index contributed by atoms with van der Waals surface area (Å²) in [5.41, 5.74) is 6.35. The molecule has 2 atom stereocenters. The number of nitrogens with two attached hydrogens (primary N) is 1. The highest BCUT2D eigenvalue weighted by atomic mass is 35.5. The van der Waals surface area contributed by atoms with Crippen LogP contribution in [-0.4, -0.2) is 27.6 Å². The Hall–Kier alpha value is -2.34. The van der Waals surface area contributed by atoms with Gasteiger partial charge in [0.1, 0.15) is 6.04 Å². The maximum atomic E-state index is 12.3. The normalized spacial score (nSPS) is 13.3. The van der Waals surface area contributed by atoms with Gasteiger partial charge in [-0.25, -0.2) is 4.68 Å². The van der Waals surface area contributed by atoms with Gasteiger partial charge in [0.05, 0.1) is 5.69 Å². The van der Waals surface area contributed by atoms with Crippen molar-refractivity contribution in [1.29, 1.82) is 0 Å². The van der Waals surface area contributed by atoms with Gasteiger partial charge in [-0.15, -0.1) is 0 Å². The number of halogens is 1. The second-order valence-electron chi connectivity index (χ2n) is 5.36. The van der Waals surface area contributed by atoms with Crippen LogP contribution in [0.4, 0.5) is 0 Å². The Balaban J connectivity index is 2.14. The number of primary amides is 1. The third-order valence-corrected chi connectivity index (χ3v) is 3.97. The molecule has 0 saturated carbocycles. The fraction of sp³-hybridized carbons (Fsp3) is 0.312. The first-order chi connectivity index (χ1) is 10.9. The zero-order valence-corrected chi connectivity index (χ0v) is 13.7. The number of carbonyl (C=O) groups excluding carboxylic acids is 2. The number of carbonyl (C=O) groups is 2. The van der Waals surface area contributed by atoms with Gasteiger partial charge in [-0.05, 0) is 36.2 Å². The van der Waals surface area contributed by atoms with E-state index in [1.165, 1.54) is 0 Å². The summed E-state index contributed by atoms with van der Waals surface area (Å²) < 4.78 is 1.56. The van der Waals surface area contributed by atoms with Crippen molar-refractivity contribution < 1.29 is 9.59 Å². The van der Waals surface area contributed by atoms with E-state index in [9.17, 15) is 9.59 Å². The first-order valence-corrected chi connectivity index (χ1v) is 7.72. The van der Waals surface area contributed by atoms with Gasteiger partial charge in [-0.3, -0.25) is 9.59 Å². The maximum Gasteiger partial charge on any atom is 0.272 e. The number of nitrogens with one attached hydrogen (secondary N) is 1. The SMILES string of the molecule is CC[C@H](C)[C@@H](NC(=O)c1ccn(-c2ccc(Cl)cc2)n1)C(N)=O. The molecular weight excluding hydrogens is 316 g/mol. The first kappa shape index (κ1) is 17.0. The molecule has 0 aliphatic heterocycles. The lowest BCUT2D eigenvalue weighted by atomic mass is 9.98. The fourth-order valence-corrected chi connectivity index (χ4v) is 2.25. The van der Waals surface area contributed by atoms with E-state index in [-0.39, 0.29) is 11.6 Å². The van der Waals surface area contributed by atoms with Gasteiger partial charge in [0, 0.05) is 11.2 Å². The molecule has 2 amide bonds. The lowest BCUT2D eigenvalue weighted by Crippen LogP contribution is -2.48. The molecule has 6 nitrogen and oxygen atoms in total. The Kier molecular flexibility index (Phi) is 5.39. The summed E-state index contributed by atoms with van der Waals surface area (Å²) in [6.07, 6.45) is 2.40. The van der Waals surface area contributed by atoms with Gasteiger partial charge in [0.2, 0.25) is 5.91 Å². The van der Waals surface area contributed by atoms with E-state index < -0.39 is 17.9 Å². The van der Waals surface area contributed by atoms with Crippen molar-refractivity contribution in [3.8, 4) is 5.69 Å². The summed E-state index contributed by atoms with van der Waals surface area (Å²) in [4.78, 5) is 23.8. The van der Waals surface area contributed by atoms with E-state index in [1.54, 1.807) is 41.2 Å². The van der Waals surface area contributed by atoms with Crippen LogP contribution in [-0.2, 0) is 4.79 Å². The van der Waals surface area contributed by atoms with Crippen LogP contribution in [0, 0.1) is 5.92 Å². The zero-order valence-electron chi connectivity index (χ0n) is 13.0. The van der Waals surface area contributed by atoms with Crippen LogP contribution in [0.2, 0.25) is 5.02 Å². The van der Waals surface area contributed by atoms with Crippen molar-refractivity contribution in [1.82, 2.24) is 15.1 Å². The topological polar surface area (TPSA) is 90.0 Å². The summed E-state index contributed by atoms with van der Waals surface area (Å²) >= 11 is 5.85. The van der Waals surface area contributed by atoms with Crippen molar-refractivity contribution in [2.45, 2.75) is 26.3 Å². The molecule has 3 N–H and O–H groups in total. The van der Waals surface area contributed by atoms with E-state index in [2.05, 4.69) is 10.4 Å². The van der Waals surface area contributed by atoms with Crippen molar-refractivity contribution >= 4 is 23.4 Å². The van der Waals surface area contributed by atoms with Gasteiger partial charge in [0.15, 0.2) is 5.69 Å². The van der Waals surface area contributed by atoms with Crippen LogP contribution in [0.25, 0.3) is 5.69 Å². The van der Waals surface area contributed by atoms with Gasteiger partial charge in [-0.2, -0.15) is 5.10 Å². The Morgan fingerprint density at radius 1 is 1.30 bits per heavy atom. The monoisotopic (exact) mass is 334 g/mol. The number of amides is 2. The molecule has 2 aromatic rings. The zero-order chi connectivity index (χ0) is 17.0. The summed E-state index contributed by atoms with van der Waals surface area (Å²) in [7, 11) is 0. The molecule has 0 fully saturated rings. The summed E-state index contributed by atoms with van der Waals surface area (Å²) in [5, 5.41) is 7.49. The molecule has 7 heteroatoms. The number of hydrogen-bond donors (Lipinski definition) is 2. The van der Waals surface area contributed by atoms with Crippen molar-refractivity contribution in [3.63, 3.8) is 0 Å². The van der Waals surface area contributed by atoms with Gasteiger partial charge >= 0.3 is 0 Å². The van der Waals surface area contributed by atoms with Crippen LogP contribution in [0.15, 0.2) is 36.5 Å². The molecule has 1 aromatic carbocycles. The lowest BCUT2D eigenvalue weighted by Gasteiger charge is -2.20. The van der Waals surface area contributed by atoms with Crippen molar-refractivity contribution in [3.05, 3.63) is 47.2 Å². The summed E-state index contributed by atoms with van der Waals surface area (Å²) in [6.45, 7) is 3.80. The van der Waals surface area contributed by atoms with E-state index in [4.69, 9.17) is 17.3 Å². The molecule has 2 rings (SSSR count). The van der Waals surface area contributed by atoms with E-state index in [1.807, 2.05) is 13.8 Å². The van der Waals surface area contributed by atoms with Crippen LogP contribution in [0.5, 0.6) is 0 Å². The average Bonchev–Trinajstić information content (AvgIpc) is 3.02. The summed E-state index contributed by atoms with van der Waals surface area (Å²) in [5.74, 6) is -1.03. The van der Waals surface area contributed by atoms with Crippen molar-refractivity contribution in [2.75, 3.05) is 0 Å². The lowest BCUT2D eigenvalue weighted by molar-refractivity contribution is -0.120. The molecule has 122 valence electrons. The van der Waals surface area contributed by atoms with Gasteiger partial charge < -0.3 is 11.1 Å². The largest absolute Gasteiger partial charge is 0.368 e. The van der Waals surface area contributed by atoms with Crippen LogP contribution >= 0.6 is 11.6 Å². The molecule has 23 heavy (non-hydrogen) atoms. The number of aromatic nitrogens is 2. The molecule has 0 radical (unpaired) electrons. The Labute approximate surface area is 139 Å². The molecular formula is C16H19ClN4O2. The minimum atomic E-state index is -0.715. The average molecular weight is 335 g/mol. The summed E-state index contributed by atoms with van der Waals surface area (Å²) in [6, 6.07) is 7.94. The first-order valence-electron chi connectivity index (χ1n) is 7.34. The highest BCUT2D eigenvalue weighted by Gasteiger charge is 2.25.